The highest BCUT2D eigenvalue weighted by Gasteiger charge is 2.31. The lowest BCUT2D eigenvalue weighted by molar-refractivity contribution is -0.143. The molecule has 0 radical (unpaired) electrons. The van der Waals surface area contributed by atoms with Gasteiger partial charge in [0, 0.05) is 12.6 Å². The van der Waals surface area contributed by atoms with Crippen molar-refractivity contribution in [2.75, 3.05) is 20.1 Å². The molecule has 90 valence electrons. The van der Waals surface area contributed by atoms with Crippen LogP contribution in [0.25, 0.3) is 0 Å². The first-order valence-corrected chi connectivity index (χ1v) is 5.39. The van der Waals surface area contributed by atoms with Gasteiger partial charge in [-0.2, -0.15) is 13.2 Å². The number of rotatable bonds is 4. The van der Waals surface area contributed by atoms with Gasteiger partial charge in [-0.1, -0.05) is 12.8 Å². The summed E-state index contributed by atoms with van der Waals surface area (Å²) in [5.41, 5.74) is 5.89. The second-order valence-corrected chi connectivity index (χ2v) is 4.52. The van der Waals surface area contributed by atoms with Crippen LogP contribution in [0.3, 0.4) is 0 Å². The summed E-state index contributed by atoms with van der Waals surface area (Å²) in [7, 11) is 1.47. The van der Waals surface area contributed by atoms with Gasteiger partial charge in [0.05, 0.1) is 6.54 Å². The van der Waals surface area contributed by atoms with Crippen molar-refractivity contribution in [3.8, 4) is 0 Å². The third-order valence-electron chi connectivity index (χ3n) is 2.98. The second-order valence-electron chi connectivity index (χ2n) is 4.52. The first-order chi connectivity index (χ1) is 6.88. The summed E-state index contributed by atoms with van der Waals surface area (Å²) in [6.45, 7) is -0.530. The predicted octanol–water partition coefficient (Wildman–Crippen LogP) is 2.00. The summed E-state index contributed by atoms with van der Waals surface area (Å²) in [4.78, 5) is 1.27. The summed E-state index contributed by atoms with van der Waals surface area (Å²) in [5, 5.41) is 0. The zero-order valence-electron chi connectivity index (χ0n) is 9.06. The van der Waals surface area contributed by atoms with Crippen LogP contribution >= 0.6 is 0 Å². The monoisotopic (exact) mass is 224 g/mol. The molecule has 0 aromatic carbocycles. The Labute approximate surface area is 88.6 Å². The van der Waals surface area contributed by atoms with E-state index in [1.165, 1.54) is 24.8 Å². The van der Waals surface area contributed by atoms with Crippen molar-refractivity contribution in [1.29, 1.82) is 0 Å². The van der Waals surface area contributed by atoms with Gasteiger partial charge in [0.15, 0.2) is 0 Å². The molecule has 5 heteroatoms. The highest BCUT2D eigenvalue weighted by Crippen LogP contribution is 2.27. The fraction of sp³-hybridized carbons (Fsp3) is 1.00. The number of hydrogen-bond donors (Lipinski definition) is 1. The van der Waals surface area contributed by atoms with Crippen molar-refractivity contribution < 1.29 is 13.2 Å². The summed E-state index contributed by atoms with van der Waals surface area (Å²) >= 11 is 0. The smallest absolute Gasteiger partial charge is 0.326 e. The molecular formula is C10H19F3N2. The van der Waals surface area contributed by atoms with Gasteiger partial charge in [-0.3, -0.25) is 4.90 Å². The summed E-state index contributed by atoms with van der Waals surface area (Å²) in [6.07, 6.45) is 0.356. The van der Waals surface area contributed by atoms with E-state index in [1.807, 2.05) is 0 Å². The topological polar surface area (TPSA) is 29.3 Å². The Morgan fingerprint density at radius 1 is 1.33 bits per heavy atom. The van der Waals surface area contributed by atoms with E-state index in [9.17, 15) is 13.2 Å². The Morgan fingerprint density at radius 3 is 2.33 bits per heavy atom. The number of hydrogen-bond acceptors (Lipinski definition) is 2. The highest BCUT2D eigenvalue weighted by molar-refractivity contribution is 4.80. The Balaban J connectivity index is 2.27. The van der Waals surface area contributed by atoms with E-state index in [0.717, 1.165) is 12.8 Å². The molecule has 0 bridgehead atoms. The largest absolute Gasteiger partial charge is 0.401 e. The number of nitrogens with two attached hydrogens (primary N) is 1. The Bertz CT molecular complexity index is 188. The molecule has 0 saturated heterocycles. The maximum Gasteiger partial charge on any atom is 0.401 e. The number of halogens is 3. The molecule has 1 aliphatic rings. The van der Waals surface area contributed by atoms with E-state index < -0.39 is 12.7 Å². The standard InChI is InChI=1S/C10H19F3N2/c1-15(7-10(11,12)13)6-9(14)8-4-2-3-5-8/h8-9H,2-7,14H2,1H3. The lowest BCUT2D eigenvalue weighted by Gasteiger charge is -2.25. The third kappa shape index (κ3) is 4.84. The SMILES string of the molecule is CN(CC(N)C1CCCC1)CC(F)(F)F. The Kier molecular flexibility index (Phi) is 4.40. The highest BCUT2D eigenvalue weighted by atomic mass is 19.4. The van der Waals surface area contributed by atoms with Crippen LogP contribution in [-0.4, -0.2) is 37.3 Å². The van der Waals surface area contributed by atoms with Gasteiger partial charge < -0.3 is 5.73 Å². The van der Waals surface area contributed by atoms with Gasteiger partial charge in [0.2, 0.25) is 0 Å². The van der Waals surface area contributed by atoms with E-state index in [2.05, 4.69) is 0 Å². The van der Waals surface area contributed by atoms with Crippen LogP contribution in [-0.2, 0) is 0 Å². The van der Waals surface area contributed by atoms with Crippen LogP contribution < -0.4 is 5.73 Å². The molecule has 1 saturated carbocycles. The maximum atomic E-state index is 12.1. The average molecular weight is 224 g/mol. The van der Waals surface area contributed by atoms with E-state index in [0.29, 0.717) is 12.5 Å². The molecule has 15 heavy (non-hydrogen) atoms. The van der Waals surface area contributed by atoms with Crippen molar-refractivity contribution in [3.05, 3.63) is 0 Å². The first kappa shape index (κ1) is 12.8. The average Bonchev–Trinajstić information content (AvgIpc) is 2.50. The van der Waals surface area contributed by atoms with Crippen LogP contribution in [0.1, 0.15) is 25.7 Å². The number of alkyl halides is 3. The normalized spacial score (nSPS) is 21.2. The van der Waals surface area contributed by atoms with Crippen molar-refractivity contribution >= 4 is 0 Å². The van der Waals surface area contributed by atoms with Gasteiger partial charge in [0.1, 0.15) is 0 Å². The summed E-state index contributed by atoms with van der Waals surface area (Å²) in [5.74, 6) is 0.417. The van der Waals surface area contributed by atoms with Crippen LogP contribution in [0.4, 0.5) is 13.2 Å². The van der Waals surface area contributed by atoms with Gasteiger partial charge in [-0.15, -0.1) is 0 Å². The van der Waals surface area contributed by atoms with Crippen molar-refractivity contribution in [1.82, 2.24) is 4.90 Å². The van der Waals surface area contributed by atoms with E-state index in [1.54, 1.807) is 0 Å². The zero-order chi connectivity index (χ0) is 11.5. The Morgan fingerprint density at radius 2 is 1.87 bits per heavy atom. The summed E-state index contributed by atoms with van der Waals surface area (Å²) < 4.78 is 36.2. The maximum absolute atomic E-state index is 12.1. The van der Waals surface area contributed by atoms with Gasteiger partial charge in [-0.05, 0) is 25.8 Å². The van der Waals surface area contributed by atoms with E-state index in [4.69, 9.17) is 5.73 Å². The zero-order valence-corrected chi connectivity index (χ0v) is 9.06. The molecule has 0 aliphatic heterocycles. The Hall–Kier alpha value is -0.290. The van der Waals surface area contributed by atoms with E-state index >= 15 is 0 Å². The molecule has 0 spiro atoms. The molecule has 0 heterocycles. The molecule has 2 N–H and O–H groups in total. The minimum Gasteiger partial charge on any atom is -0.326 e. The molecular weight excluding hydrogens is 205 g/mol. The van der Waals surface area contributed by atoms with Gasteiger partial charge in [-0.25, -0.2) is 0 Å². The van der Waals surface area contributed by atoms with Gasteiger partial charge >= 0.3 is 6.18 Å². The van der Waals surface area contributed by atoms with Crippen molar-refractivity contribution in [3.63, 3.8) is 0 Å². The first-order valence-electron chi connectivity index (χ1n) is 5.39. The second kappa shape index (κ2) is 5.16. The molecule has 1 aliphatic carbocycles. The number of nitrogens with zero attached hydrogens (tertiary/aromatic N) is 1. The van der Waals surface area contributed by atoms with Crippen LogP contribution in [0.5, 0.6) is 0 Å². The molecule has 0 aromatic rings. The van der Waals surface area contributed by atoms with Crippen molar-refractivity contribution in [2.45, 2.75) is 37.9 Å². The van der Waals surface area contributed by atoms with Crippen molar-refractivity contribution in [2.24, 2.45) is 11.7 Å². The minimum absolute atomic E-state index is 0.111. The predicted molar refractivity (Wildman–Crippen MR) is 53.5 cm³/mol. The molecule has 1 unspecified atom stereocenters. The minimum atomic E-state index is -4.12. The van der Waals surface area contributed by atoms with E-state index in [-0.39, 0.29) is 6.04 Å². The fourth-order valence-corrected chi connectivity index (χ4v) is 2.27. The molecule has 0 aromatic heterocycles. The molecule has 1 rings (SSSR count). The van der Waals surface area contributed by atoms with Crippen LogP contribution in [0, 0.1) is 5.92 Å². The molecule has 2 nitrogen and oxygen atoms in total. The third-order valence-corrected chi connectivity index (χ3v) is 2.98. The molecule has 1 atom stereocenters. The lowest BCUT2D eigenvalue weighted by atomic mass is 9.99. The number of likely N-dealkylation sites (N-methyl/N-ethyl adjacent to an activating group) is 1. The molecule has 1 fully saturated rings. The lowest BCUT2D eigenvalue weighted by Crippen LogP contribution is -2.43. The van der Waals surface area contributed by atoms with Crippen LogP contribution in [0.2, 0.25) is 0 Å². The molecule has 0 amide bonds. The quantitative estimate of drug-likeness (QED) is 0.791. The fourth-order valence-electron chi connectivity index (χ4n) is 2.27. The van der Waals surface area contributed by atoms with Crippen LogP contribution in [0.15, 0.2) is 0 Å². The summed E-state index contributed by atoms with van der Waals surface area (Å²) in [6, 6.07) is -0.111. The van der Waals surface area contributed by atoms with Gasteiger partial charge in [0.25, 0.3) is 0 Å².